The van der Waals surface area contributed by atoms with Crippen LogP contribution in [-0.4, -0.2) is 15.0 Å². The Hall–Kier alpha value is -1.02. The number of hydrogen-bond acceptors (Lipinski definition) is 3. The van der Waals surface area contributed by atoms with Gasteiger partial charge < -0.3 is 4.55 Å². The van der Waals surface area contributed by atoms with Gasteiger partial charge in [-0.1, -0.05) is 6.08 Å². The number of hydrogen-bond donors (Lipinski definition) is 0. The summed E-state index contributed by atoms with van der Waals surface area (Å²) in [7, 11) is 0. The molecule has 0 radical (unpaired) electrons. The van der Waals surface area contributed by atoms with Crippen LogP contribution in [0.15, 0.2) is 34.5 Å². The zero-order valence-electron chi connectivity index (χ0n) is 10.4. The van der Waals surface area contributed by atoms with Crippen molar-refractivity contribution in [3.63, 3.8) is 0 Å². The highest BCUT2D eigenvalue weighted by Gasteiger charge is 2.45. The van der Waals surface area contributed by atoms with Crippen molar-refractivity contribution in [1.82, 2.24) is 4.98 Å². The molecule has 8 heteroatoms. The highest BCUT2D eigenvalue weighted by atomic mass is 35.5. The van der Waals surface area contributed by atoms with Crippen molar-refractivity contribution in [2.45, 2.75) is 16.3 Å². The molecule has 112 valence electrons. The second kappa shape index (κ2) is 6.83. The molecule has 2 rings (SSSR count). The van der Waals surface area contributed by atoms with Crippen LogP contribution in [0.3, 0.4) is 0 Å². The quantitative estimate of drug-likeness (QED) is 0.592. The van der Waals surface area contributed by atoms with E-state index in [4.69, 9.17) is 11.6 Å². The Balaban J connectivity index is 2.09. The summed E-state index contributed by atoms with van der Waals surface area (Å²) in [5, 5.41) is 2.59. The number of benzene rings is 1. The lowest BCUT2D eigenvalue weighted by Gasteiger charge is -2.11. The first-order valence-electron chi connectivity index (χ1n) is 5.67. The Labute approximate surface area is 131 Å². The predicted octanol–water partition coefficient (Wildman–Crippen LogP) is 4.68. The molecule has 0 saturated carbocycles. The Morgan fingerprint density at radius 3 is 2.43 bits per heavy atom. The summed E-state index contributed by atoms with van der Waals surface area (Å²) >= 11 is 4.07. The van der Waals surface area contributed by atoms with Gasteiger partial charge in [0.25, 0.3) is 0 Å². The maximum atomic E-state index is 12.3. The van der Waals surface area contributed by atoms with Gasteiger partial charge in [0.05, 0.1) is 22.7 Å². The molecular formula is C13H9ClF3NOS2. The van der Waals surface area contributed by atoms with Gasteiger partial charge in [-0.05, 0) is 35.9 Å². The average molecular weight is 352 g/mol. The van der Waals surface area contributed by atoms with Gasteiger partial charge in [-0.25, -0.2) is 4.98 Å². The van der Waals surface area contributed by atoms with Crippen LogP contribution < -0.4 is 0 Å². The van der Waals surface area contributed by atoms with Gasteiger partial charge in [0.1, 0.15) is 5.01 Å². The molecule has 0 bridgehead atoms. The Bertz CT molecular complexity index is 625. The smallest absolute Gasteiger partial charge is 0.578 e. The summed E-state index contributed by atoms with van der Waals surface area (Å²) in [6, 6.07) is 5.36. The third-order valence-electron chi connectivity index (χ3n) is 2.43. The average Bonchev–Trinajstić information content (AvgIpc) is 2.92. The first-order chi connectivity index (χ1) is 9.90. The minimum atomic E-state index is -4.74. The molecule has 0 saturated heterocycles. The molecule has 0 amide bonds. The molecule has 0 aliphatic rings. The van der Waals surface area contributed by atoms with E-state index in [0.29, 0.717) is 11.4 Å². The third-order valence-corrected chi connectivity index (χ3v) is 4.68. The Kier molecular flexibility index (Phi) is 5.32. The first-order valence-corrected chi connectivity index (χ1v) is 8.23. The molecule has 21 heavy (non-hydrogen) atoms. The first kappa shape index (κ1) is 16.4. The fraction of sp³-hybridized carbons (Fsp3) is 0.154. The van der Waals surface area contributed by atoms with Gasteiger partial charge in [-0.2, -0.15) is 0 Å². The van der Waals surface area contributed by atoms with Gasteiger partial charge in [-0.15, -0.1) is 36.1 Å². The van der Waals surface area contributed by atoms with E-state index < -0.39 is 16.7 Å². The number of nitrogens with zero attached hydrogens (tertiary/aromatic N) is 1. The van der Waals surface area contributed by atoms with Crippen LogP contribution in [0.2, 0.25) is 0 Å². The molecule has 1 aromatic carbocycles. The number of rotatable bonds is 4. The lowest BCUT2D eigenvalue weighted by molar-refractivity contribution is -0.0435. The van der Waals surface area contributed by atoms with Gasteiger partial charge in [0.2, 0.25) is 0 Å². The fourth-order valence-electron chi connectivity index (χ4n) is 1.46. The van der Waals surface area contributed by atoms with Crippen LogP contribution in [0, 0.1) is 0 Å². The standard InChI is InChI=1S/C13H9ClF3NOS2/c14-7-10-8-20-12(18-10)6-3-9-1-4-11(5-2-9)21(19)13(15,16)17/h1-6,8H,7H2/b6-3+. The third kappa shape index (κ3) is 4.47. The molecule has 0 N–H and O–H groups in total. The summed E-state index contributed by atoms with van der Waals surface area (Å²) in [6.07, 6.45) is 3.47. The zero-order valence-corrected chi connectivity index (χ0v) is 12.8. The predicted molar refractivity (Wildman–Crippen MR) is 79.5 cm³/mol. The summed E-state index contributed by atoms with van der Waals surface area (Å²) in [5.41, 5.74) is -3.27. The molecule has 1 aromatic heterocycles. The highest BCUT2D eigenvalue weighted by molar-refractivity contribution is 7.92. The number of halogens is 4. The fourth-order valence-corrected chi connectivity index (χ4v) is 3.05. The second-order valence-electron chi connectivity index (χ2n) is 3.93. The van der Waals surface area contributed by atoms with Crippen LogP contribution in [0.1, 0.15) is 16.3 Å². The lowest BCUT2D eigenvalue weighted by atomic mass is 10.2. The van der Waals surface area contributed by atoms with Crippen molar-refractivity contribution in [2.24, 2.45) is 0 Å². The van der Waals surface area contributed by atoms with E-state index >= 15 is 0 Å². The summed E-state index contributed by atoms with van der Waals surface area (Å²) < 4.78 is 48.1. The van der Waals surface area contributed by atoms with Crippen LogP contribution >= 0.6 is 22.9 Å². The molecule has 0 aliphatic carbocycles. The van der Waals surface area contributed by atoms with Crippen molar-refractivity contribution in [1.29, 1.82) is 0 Å². The summed E-state index contributed by atoms with van der Waals surface area (Å²) in [5.74, 6) is 0.336. The molecule has 1 atom stereocenters. The Morgan fingerprint density at radius 1 is 1.24 bits per heavy atom. The normalized spacial score (nSPS) is 13.8. The van der Waals surface area contributed by atoms with Crippen molar-refractivity contribution in [2.75, 3.05) is 0 Å². The molecule has 2 aromatic rings. The number of alkyl halides is 4. The van der Waals surface area contributed by atoms with E-state index in [1.165, 1.54) is 35.6 Å². The van der Waals surface area contributed by atoms with Crippen LogP contribution in [0.25, 0.3) is 12.2 Å². The highest BCUT2D eigenvalue weighted by Crippen LogP contribution is 2.30. The van der Waals surface area contributed by atoms with Gasteiger partial charge >= 0.3 is 5.51 Å². The molecule has 1 heterocycles. The number of thiazole rings is 1. The lowest BCUT2D eigenvalue weighted by Crippen LogP contribution is -2.23. The van der Waals surface area contributed by atoms with E-state index in [-0.39, 0.29) is 4.90 Å². The maximum Gasteiger partial charge on any atom is 0.578 e. The molecule has 2 nitrogen and oxygen atoms in total. The number of aromatic nitrogens is 1. The van der Waals surface area contributed by atoms with Crippen molar-refractivity contribution in [3.05, 3.63) is 45.9 Å². The van der Waals surface area contributed by atoms with Gasteiger partial charge in [0.15, 0.2) is 4.90 Å². The Morgan fingerprint density at radius 2 is 1.90 bits per heavy atom. The molecule has 0 spiro atoms. The molecular weight excluding hydrogens is 343 g/mol. The SMILES string of the molecule is [O-][S+](c1ccc(/C=C/c2nc(CCl)cs2)cc1)C(F)(F)F. The molecule has 0 aliphatic heterocycles. The van der Waals surface area contributed by atoms with E-state index in [0.717, 1.165) is 10.7 Å². The van der Waals surface area contributed by atoms with Crippen LogP contribution in [0.5, 0.6) is 0 Å². The van der Waals surface area contributed by atoms with E-state index in [9.17, 15) is 17.7 Å². The van der Waals surface area contributed by atoms with Crippen LogP contribution in [-0.2, 0) is 17.1 Å². The summed E-state index contributed by atoms with van der Waals surface area (Å²) in [6.45, 7) is 0. The second-order valence-corrected chi connectivity index (χ2v) is 6.56. The zero-order chi connectivity index (χ0) is 15.5. The largest absolute Gasteiger partial charge is 0.604 e. The monoisotopic (exact) mass is 351 g/mol. The van der Waals surface area contributed by atoms with E-state index in [1.807, 2.05) is 5.38 Å². The minimum absolute atomic E-state index is 0.265. The minimum Gasteiger partial charge on any atom is -0.604 e. The van der Waals surface area contributed by atoms with Gasteiger partial charge in [0, 0.05) is 5.38 Å². The van der Waals surface area contributed by atoms with Gasteiger partial charge in [-0.3, -0.25) is 0 Å². The summed E-state index contributed by atoms with van der Waals surface area (Å²) in [4.78, 5) is 3.96. The topological polar surface area (TPSA) is 36.0 Å². The van der Waals surface area contributed by atoms with E-state index in [2.05, 4.69) is 4.98 Å². The molecule has 1 unspecified atom stereocenters. The molecule has 0 fully saturated rings. The van der Waals surface area contributed by atoms with E-state index in [1.54, 1.807) is 12.2 Å². The van der Waals surface area contributed by atoms with Crippen LogP contribution in [0.4, 0.5) is 13.2 Å². The van der Waals surface area contributed by atoms with Crippen molar-refractivity contribution in [3.8, 4) is 0 Å². The van der Waals surface area contributed by atoms with Crippen molar-refractivity contribution < 1.29 is 17.7 Å². The maximum absolute atomic E-state index is 12.3. The van der Waals surface area contributed by atoms with Crippen molar-refractivity contribution >= 4 is 46.3 Å².